The van der Waals surface area contributed by atoms with Crippen LogP contribution >= 0.6 is 0 Å². The SMILES string of the molecule is CC(C)C[C@H](NC(=O)[C@H]1OS(=O)(=O)O[C@@H]1C(=O)O)C(=O)NCc1ccccc1. The number of carboxylic acid groups (broad SMARTS) is 1. The summed E-state index contributed by atoms with van der Waals surface area (Å²) in [7, 11) is -4.60. The lowest BCUT2D eigenvalue weighted by atomic mass is 10.0. The maximum Gasteiger partial charge on any atom is 0.401 e. The van der Waals surface area contributed by atoms with E-state index < -0.39 is 46.4 Å². The summed E-state index contributed by atoms with van der Waals surface area (Å²) in [6, 6.07) is 8.11. The van der Waals surface area contributed by atoms with Crippen molar-refractivity contribution in [3.8, 4) is 0 Å². The van der Waals surface area contributed by atoms with E-state index in [4.69, 9.17) is 5.11 Å². The van der Waals surface area contributed by atoms with Gasteiger partial charge < -0.3 is 15.7 Å². The number of nitrogens with one attached hydrogen (secondary N) is 2. The molecule has 1 aromatic carbocycles. The number of amides is 2. The van der Waals surface area contributed by atoms with Crippen LogP contribution in [0.15, 0.2) is 30.3 Å². The zero-order valence-corrected chi connectivity index (χ0v) is 16.1. The number of aliphatic carboxylic acids is 1. The van der Waals surface area contributed by atoms with E-state index in [0.717, 1.165) is 5.56 Å². The van der Waals surface area contributed by atoms with Crippen molar-refractivity contribution in [2.24, 2.45) is 5.92 Å². The van der Waals surface area contributed by atoms with E-state index in [2.05, 4.69) is 19.0 Å². The molecule has 0 aliphatic carbocycles. The summed E-state index contributed by atoms with van der Waals surface area (Å²) in [5, 5.41) is 14.1. The first-order valence-corrected chi connectivity index (χ1v) is 9.88. The molecule has 10 nitrogen and oxygen atoms in total. The van der Waals surface area contributed by atoms with Crippen LogP contribution in [0.4, 0.5) is 0 Å². The minimum absolute atomic E-state index is 0.0209. The Labute approximate surface area is 162 Å². The number of carboxylic acids is 1. The lowest BCUT2D eigenvalue weighted by Gasteiger charge is -2.22. The summed E-state index contributed by atoms with van der Waals surface area (Å²) in [6.45, 7) is 3.91. The predicted octanol–water partition coefficient (Wildman–Crippen LogP) is -0.0529. The highest BCUT2D eigenvalue weighted by Gasteiger charge is 2.49. The second-order valence-corrected chi connectivity index (χ2v) is 7.88. The summed E-state index contributed by atoms with van der Waals surface area (Å²) >= 11 is 0. The Morgan fingerprint density at radius 3 is 2.29 bits per heavy atom. The fraction of sp³-hybridized carbons (Fsp3) is 0.471. The van der Waals surface area contributed by atoms with E-state index >= 15 is 0 Å². The van der Waals surface area contributed by atoms with Gasteiger partial charge in [-0.1, -0.05) is 44.2 Å². The third kappa shape index (κ3) is 6.01. The van der Waals surface area contributed by atoms with E-state index in [0.29, 0.717) is 0 Å². The maximum absolute atomic E-state index is 12.5. The molecule has 3 atom stereocenters. The molecule has 0 spiro atoms. The van der Waals surface area contributed by atoms with Gasteiger partial charge in [0.25, 0.3) is 5.91 Å². The normalized spacial score (nSPS) is 21.8. The van der Waals surface area contributed by atoms with Gasteiger partial charge >= 0.3 is 16.4 Å². The van der Waals surface area contributed by atoms with Crippen LogP contribution in [0.2, 0.25) is 0 Å². The van der Waals surface area contributed by atoms with Gasteiger partial charge in [-0.25, -0.2) is 13.2 Å². The van der Waals surface area contributed by atoms with Gasteiger partial charge in [0.15, 0.2) is 6.10 Å². The molecular weight excluding hydrogens is 392 g/mol. The van der Waals surface area contributed by atoms with Gasteiger partial charge in [-0.15, -0.1) is 0 Å². The van der Waals surface area contributed by atoms with Crippen LogP contribution in [0.25, 0.3) is 0 Å². The summed E-state index contributed by atoms with van der Waals surface area (Å²) in [4.78, 5) is 36.0. The highest BCUT2D eigenvalue weighted by Crippen LogP contribution is 2.21. The molecule has 1 aromatic rings. The first kappa shape index (κ1) is 21.8. The third-order valence-electron chi connectivity index (χ3n) is 3.87. The number of carbonyl (C=O) groups is 3. The van der Waals surface area contributed by atoms with Crippen molar-refractivity contribution in [2.45, 2.75) is 45.1 Å². The second-order valence-electron chi connectivity index (χ2n) is 6.67. The van der Waals surface area contributed by atoms with Crippen molar-refractivity contribution in [3.63, 3.8) is 0 Å². The maximum atomic E-state index is 12.5. The Kier molecular flexibility index (Phi) is 7.11. The molecule has 0 radical (unpaired) electrons. The van der Waals surface area contributed by atoms with E-state index in [1.165, 1.54) is 0 Å². The van der Waals surface area contributed by atoms with Crippen molar-refractivity contribution in [1.82, 2.24) is 10.6 Å². The Morgan fingerprint density at radius 2 is 1.71 bits per heavy atom. The summed E-state index contributed by atoms with van der Waals surface area (Å²) in [6.07, 6.45) is -3.68. The predicted molar refractivity (Wildman–Crippen MR) is 96.0 cm³/mol. The zero-order valence-electron chi connectivity index (χ0n) is 15.3. The van der Waals surface area contributed by atoms with Gasteiger partial charge in [0.1, 0.15) is 6.04 Å². The average molecular weight is 414 g/mol. The molecule has 3 N–H and O–H groups in total. The molecule has 1 saturated heterocycles. The van der Waals surface area contributed by atoms with Gasteiger partial charge in [-0.3, -0.25) is 9.59 Å². The first-order valence-electron chi connectivity index (χ1n) is 8.55. The molecule has 0 unspecified atom stereocenters. The monoisotopic (exact) mass is 414 g/mol. The van der Waals surface area contributed by atoms with Crippen LogP contribution in [0.5, 0.6) is 0 Å². The number of benzene rings is 1. The van der Waals surface area contributed by atoms with Crippen molar-refractivity contribution in [1.29, 1.82) is 0 Å². The number of rotatable bonds is 8. The van der Waals surface area contributed by atoms with Crippen molar-refractivity contribution in [3.05, 3.63) is 35.9 Å². The molecule has 2 rings (SSSR count). The quantitative estimate of drug-likeness (QED) is 0.536. The third-order valence-corrected chi connectivity index (χ3v) is 4.76. The first-order chi connectivity index (χ1) is 13.1. The van der Waals surface area contributed by atoms with Crippen LogP contribution < -0.4 is 10.6 Å². The topological polar surface area (TPSA) is 148 Å². The Hall–Kier alpha value is -2.50. The van der Waals surface area contributed by atoms with Gasteiger partial charge in [-0.2, -0.15) is 8.42 Å². The van der Waals surface area contributed by atoms with Gasteiger partial charge in [0.2, 0.25) is 12.0 Å². The van der Waals surface area contributed by atoms with E-state index in [-0.39, 0.29) is 18.9 Å². The highest BCUT2D eigenvalue weighted by molar-refractivity contribution is 7.82. The van der Waals surface area contributed by atoms with Gasteiger partial charge in [0, 0.05) is 6.54 Å². The summed E-state index contributed by atoms with van der Waals surface area (Å²) < 4.78 is 31.4. The largest absolute Gasteiger partial charge is 0.479 e. The number of hydrogen-bond acceptors (Lipinski definition) is 7. The minimum atomic E-state index is -4.60. The second kappa shape index (κ2) is 9.13. The molecule has 11 heteroatoms. The number of hydrogen-bond donors (Lipinski definition) is 3. The van der Waals surface area contributed by atoms with Crippen LogP contribution in [0.1, 0.15) is 25.8 Å². The van der Waals surface area contributed by atoms with Crippen LogP contribution in [0.3, 0.4) is 0 Å². The fourth-order valence-electron chi connectivity index (χ4n) is 2.59. The van der Waals surface area contributed by atoms with Crippen LogP contribution in [0, 0.1) is 5.92 Å². The smallest absolute Gasteiger partial charge is 0.401 e. The lowest BCUT2D eigenvalue weighted by molar-refractivity contribution is -0.150. The summed E-state index contributed by atoms with van der Waals surface area (Å²) in [5.74, 6) is -3.20. The standard InChI is InChI=1S/C17H22N2O8S/c1-10(2)8-12(15(20)18-9-11-6-4-3-5-7-11)19-16(21)13-14(17(22)23)27-28(24,25)26-13/h3-7,10,12-14H,8-9H2,1-2H3,(H,18,20)(H,19,21)(H,22,23)/t12-,13-,14-/m0/s1. The van der Waals surface area contributed by atoms with E-state index in [9.17, 15) is 22.8 Å². The van der Waals surface area contributed by atoms with Crippen molar-refractivity contribution < 1.29 is 36.3 Å². The number of carbonyl (C=O) groups excluding carboxylic acids is 2. The molecule has 1 aliphatic heterocycles. The molecule has 1 heterocycles. The Balaban J connectivity index is 2.06. The van der Waals surface area contributed by atoms with Gasteiger partial charge in [-0.05, 0) is 17.9 Å². The zero-order chi connectivity index (χ0) is 20.9. The van der Waals surface area contributed by atoms with Crippen LogP contribution in [-0.2, 0) is 39.7 Å². The van der Waals surface area contributed by atoms with E-state index in [1.54, 1.807) is 0 Å². The average Bonchev–Trinajstić information content (AvgIpc) is 2.95. The molecule has 28 heavy (non-hydrogen) atoms. The molecule has 1 fully saturated rings. The molecule has 0 bridgehead atoms. The van der Waals surface area contributed by atoms with Crippen LogP contribution in [-0.4, -0.2) is 49.6 Å². The summed E-state index contributed by atoms with van der Waals surface area (Å²) in [5.41, 5.74) is 0.857. The molecular formula is C17H22N2O8S. The fourth-order valence-corrected chi connectivity index (χ4v) is 3.52. The van der Waals surface area contributed by atoms with E-state index in [1.807, 2.05) is 44.2 Å². The Bertz CT molecular complexity index is 825. The van der Waals surface area contributed by atoms with Gasteiger partial charge in [0.05, 0.1) is 0 Å². The molecule has 0 saturated carbocycles. The minimum Gasteiger partial charge on any atom is -0.479 e. The highest BCUT2D eigenvalue weighted by atomic mass is 32.3. The van der Waals surface area contributed by atoms with Crippen molar-refractivity contribution >= 4 is 28.2 Å². The molecule has 0 aromatic heterocycles. The molecule has 2 amide bonds. The molecule has 1 aliphatic rings. The molecule has 154 valence electrons. The lowest BCUT2D eigenvalue weighted by Crippen LogP contribution is -2.52. The Morgan fingerprint density at radius 1 is 1.11 bits per heavy atom. The van der Waals surface area contributed by atoms with Crippen molar-refractivity contribution in [2.75, 3.05) is 0 Å².